The van der Waals surface area contributed by atoms with Crippen LogP contribution in [0.5, 0.6) is 11.5 Å². The summed E-state index contributed by atoms with van der Waals surface area (Å²) in [6, 6.07) is 5.01. The van der Waals surface area contributed by atoms with E-state index in [2.05, 4.69) is 10.6 Å². The summed E-state index contributed by atoms with van der Waals surface area (Å²) in [5.41, 5.74) is 0.937. The second kappa shape index (κ2) is 9.24. The van der Waals surface area contributed by atoms with E-state index in [0.29, 0.717) is 31.1 Å². The normalized spacial score (nSPS) is 17.7. The number of rotatable bonds is 8. The molecule has 25 heavy (non-hydrogen) atoms. The van der Waals surface area contributed by atoms with Crippen molar-refractivity contribution in [2.45, 2.75) is 19.0 Å². The Bertz CT molecular complexity index is 586. The second-order valence-electron chi connectivity index (χ2n) is 5.78. The zero-order valence-electron chi connectivity index (χ0n) is 14.6. The number of ether oxygens (including phenoxy) is 2. The van der Waals surface area contributed by atoms with Gasteiger partial charge in [-0.05, 0) is 17.7 Å². The predicted molar refractivity (Wildman–Crippen MR) is 91.5 cm³/mol. The summed E-state index contributed by atoms with van der Waals surface area (Å²) in [6.45, 7) is 1.73. The first kappa shape index (κ1) is 19.0. The minimum Gasteiger partial charge on any atom is -0.497 e. The first-order chi connectivity index (χ1) is 12.1. The van der Waals surface area contributed by atoms with Crippen molar-refractivity contribution in [3.8, 4) is 11.5 Å². The van der Waals surface area contributed by atoms with E-state index in [1.807, 2.05) is 17.0 Å². The van der Waals surface area contributed by atoms with Crippen LogP contribution in [0.1, 0.15) is 12.0 Å². The van der Waals surface area contributed by atoms with Crippen molar-refractivity contribution in [1.29, 1.82) is 0 Å². The minimum absolute atomic E-state index is 0.0485. The summed E-state index contributed by atoms with van der Waals surface area (Å²) in [6.07, 6.45) is 0.0485. The number of amides is 2. The number of piperazine rings is 1. The van der Waals surface area contributed by atoms with Crippen LogP contribution in [0.25, 0.3) is 0 Å². The van der Waals surface area contributed by atoms with Gasteiger partial charge < -0.3 is 25.2 Å². The molecule has 1 aliphatic heterocycles. The molecule has 8 nitrogen and oxygen atoms in total. The SMILES string of the molecule is COc1cc(CN2CCNC(=O)C2CC(=O)NCCO)cc(OC)c1. The number of nitrogens with one attached hydrogen (secondary N) is 2. The van der Waals surface area contributed by atoms with Crippen molar-refractivity contribution in [3.63, 3.8) is 0 Å². The highest BCUT2D eigenvalue weighted by Gasteiger charge is 2.31. The molecule has 1 aromatic rings. The summed E-state index contributed by atoms with van der Waals surface area (Å²) in [5, 5.41) is 14.2. The Morgan fingerprint density at radius 1 is 1.32 bits per heavy atom. The molecule has 2 amide bonds. The molecule has 138 valence electrons. The van der Waals surface area contributed by atoms with Crippen LogP contribution in [0.3, 0.4) is 0 Å². The maximum Gasteiger partial charge on any atom is 0.237 e. The van der Waals surface area contributed by atoms with Gasteiger partial charge in [0.25, 0.3) is 0 Å². The van der Waals surface area contributed by atoms with Crippen molar-refractivity contribution < 1.29 is 24.2 Å². The van der Waals surface area contributed by atoms with Crippen LogP contribution in [0.2, 0.25) is 0 Å². The summed E-state index contributed by atoms with van der Waals surface area (Å²) < 4.78 is 10.6. The molecule has 0 bridgehead atoms. The lowest BCUT2D eigenvalue weighted by Gasteiger charge is -2.34. The van der Waals surface area contributed by atoms with E-state index in [1.54, 1.807) is 20.3 Å². The fourth-order valence-corrected chi connectivity index (χ4v) is 2.81. The van der Waals surface area contributed by atoms with E-state index in [4.69, 9.17) is 14.6 Å². The Kier molecular flexibility index (Phi) is 7.03. The number of carbonyl (C=O) groups is 2. The Morgan fingerprint density at radius 2 is 2.00 bits per heavy atom. The van der Waals surface area contributed by atoms with Crippen LogP contribution in [0.15, 0.2) is 18.2 Å². The van der Waals surface area contributed by atoms with Crippen molar-refractivity contribution in [1.82, 2.24) is 15.5 Å². The zero-order valence-corrected chi connectivity index (χ0v) is 14.6. The van der Waals surface area contributed by atoms with Gasteiger partial charge in [0, 0.05) is 32.2 Å². The van der Waals surface area contributed by atoms with Gasteiger partial charge in [0.1, 0.15) is 11.5 Å². The van der Waals surface area contributed by atoms with Gasteiger partial charge in [-0.3, -0.25) is 14.5 Å². The molecule has 1 aromatic carbocycles. The summed E-state index contributed by atoms with van der Waals surface area (Å²) in [7, 11) is 3.17. The van der Waals surface area contributed by atoms with Gasteiger partial charge in [0.15, 0.2) is 0 Å². The third-order valence-electron chi connectivity index (χ3n) is 4.05. The van der Waals surface area contributed by atoms with Gasteiger partial charge >= 0.3 is 0 Å². The van der Waals surface area contributed by atoms with Crippen molar-refractivity contribution in [2.75, 3.05) is 40.5 Å². The maximum absolute atomic E-state index is 12.2. The lowest BCUT2D eigenvalue weighted by molar-refractivity contribution is -0.134. The van der Waals surface area contributed by atoms with Crippen molar-refractivity contribution in [2.24, 2.45) is 0 Å². The predicted octanol–water partition coefficient (Wildman–Crippen LogP) is -0.497. The number of aliphatic hydroxyl groups is 1. The van der Waals surface area contributed by atoms with Crippen molar-refractivity contribution in [3.05, 3.63) is 23.8 Å². The molecular weight excluding hydrogens is 326 g/mol. The van der Waals surface area contributed by atoms with Gasteiger partial charge in [0.05, 0.1) is 33.3 Å². The Labute approximate surface area is 147 Å². The number of carbonyl (C=O) groups excluding carboxylic acids is 2. The number of methoxy groups -OCH3 is 2. The number of benzene rings is 1. The molecule has 1 saturated heterocycles. The molecule has 0 aliphatic carbocycles. The van der Waals surface area contributed by atoms with E-state index >= 15 is 0 Å². The zero-order chi connectivity index (χ0) is 18.2. The van der Waals surface area contributed by atoms with Crippen LogP contribution in [-0.4, -0.2) is 68.3 Å². The Hall–Kier alpha value is -2.32. The minimum atomic E-state index is -0.551. The molecule has 1 aliphatic rings. The van der Waals surface area contributed by atoms with Crippen LogP contribution in [0, 0.1) is 0 Å². The first-order valence-corrected chi connectivity index (χ1v) is 8.18. The van der Waals surface area contributed by atoms with E-state index in [9.17, 15) is 9.59 Å². The number of hydrogen-bond donors (Lipinski definition) is 3. The molecule has 1 atom stereocenters. The largest absolute Gasteiger partial charge is 0.497 e. The van der Waals surface area contributed by atoms with Crippen LogP contribution in [0.4, 0.5) is 0 Å². The lowest BCUT2D eigenvalue weighted by atomic mass is 10.1. The summed E-state index contributed by atoms with van der Waals surface area (Å²) in [4.78, 5) is 26.1. The van der Waals surface area contributed by atoms with Gasteiger partial charge in [0.2, 0.25) is 11.8 Å². The molecular formula is C17H25N3O5. The standard InChI is InChI=1S/C17H25N3O5/c1-24-13-7-12(8-14(9-13)25-2)11-20-5-3-19-17(23)15(20)10-16(22)18-4-6-21/h7-9,15,21H,3-6,10-11H2,1-2H3,(H,18,22)(H,19,23). The van der Waals surface area contributed by atoms with Crippen molar-refractivity contribution >= 4 is 11.8 Å². The fourth-order valence-electron chi connectivity index (χ4n) is 2.81. The summed E-state index contributed by atoms with van der Waals surface area (Å²) >= 11 is 0. The van der Waals surface area contributed by atoms with Crippen LogP contribution < -0.4 is 20.1 Å². The molecule has 2 rings (SSSR count). The number of nitrogens with zero attached hydrogens (tertiary/aromatic N) is 1. The van der Waals surface area contributed by atoms with Gasteiger partial charge in [-0.15, -0.1) is 0 Å². The molecule has 3 N–H and O–H groups in total. The van der Waals surface area contributed by atoms with E-state index in [-0.39, 0.29) is 31.4 Å². The highest BCUT2D eigenvalue weighted by Crippen LogP contribution is 2.24. The van der Waals surface area contributed by atoms with Crippen LogP contribution in [-0.2, 0) is 16.1 Å². The second-order valence-corrected chi connectivity index (χ2v) is 5.78. The highest BCUT2D eigenvalue weighted by molar-refractivity contribution is 5.88. The molecule has 1 heterocycles. The summed E-state index contributed by atoms with van der Waals surface area (Å²) in [5.74, 6) is 0.922. The number of hydrogen-bond acceptors (Lipinski definition) is 6. The molecule has 1 fully saturated rings. The fraction of sp³-hybridized carbons (Fsp3) is 0.529. The quantitative estimate of drug-likeness (QED) is 0.584. The maximum atomic E-state index is 12.2. The van der Waals surface area contributed by atoms with E-state index < -0.39 is 6.04 Å². The van der Waals surface area contributed by atoms with E-state index in [0.717, 1.165) is 5.56 Å². The molecule has 1 unspecified atom stereocenters. The Balaban J connectivity index is 2.11. The van der Waals surface area contributed by atoms with E-state index in [1.165, 1.54) is 0 Å². The monoisotopic (exact) mass is 351 g/mol. The third kappa shape index (κ3) is 5.33. The molecule has 8 heteroatoms. The van der Waals surface area contributed by atoms with Gasteiger partial charge in [-0.25, -0.2) is 0 Å². The molecule has 0 aromatic heterocycles. The first-order valence-electron chi connectivity index (χ1n) is 8.18. The van der Waals surface area contributed by atoms with Gasteiger partial charge in [-0.1, -0.05) is 0 Å². The average Bonchev–Trinajstić information content (AvgIpc) is 2.62. The third-order valence-corrected chi connectivity index (χ3v) is 4.05. The highest BCUT2D eigenvalue weighted by atomic mass is 16.5. The topological polar surface area (TPSA) is 100 Å². The molecule has 0 radical (unpaired) electrons. The van der Waals surface area contributed by atoms with Gasteiger partial charge in [-0.2, -0.15) is 0 Å². The van der Waals surface area contributed by atoms with Crippen LogP contribution >= 0.6 is 0 Å². The number of aliphatic hydroxyl groups excluding tert-OH is 1. The Morgan fingerprint density at radius 3 is 2.60 bits per heavy atom. The molecule has 0 spiro atoms. The molecule has 0 saturated carbocycles. The lowest BCUT2D eigenvalue weighted by Crippen LogP contribution is -2.56. The smallest absolute Gasteiger partial charge is 0.237 e. The average molecular weight is 351 g/mol.